The Kier molecular flexibility index (Phi) is 6.73. The first-order valence-corrected chi connectivity index (χ1v) is 14.6. The van der Waals surface area contributed by atoms with Gasteiger partial charge in [-0.05, 0) is 51.0 Å². The molecule has 0 atom stereocenters. The highest BCUT2D eigenvalue weighted by molar-refractivity contribution is 7.98. The summed E-state index contributed by atoms with van der Waals surface area (Å²) in [5.41, 5.74) is 4.54. The minimum atomic E-state index is -0.228. The molecule has 0 aliphatic carbocycles. The van der Waals surface area contributed by atoms with Crippen LogP contribution in [0.3, 0.4) is 0 Å². The van der Waals surface area contributed by atoms with Crippen LogP contribution < -0.4 is 9.64 Å². The van der Waals surface area contributed by atoms with Gasteiger partial charge in [0.1, 0.15) is 27.8 Å². The Morgan fingerprint density at radius 3 is 2.65 bits per heavy atom. The van der Waals surface area contributed by atoms with E-state index in [1.165, 1.54) is 22.1 Å². The average molecular weight is 537 g/mol. The Hall–Kier alpha value is -2.46. The van der Waals surface area contributed by atoms with E-state index in [0.717, 1.165) is 70.1 Å². The molecule has 2 aliphatic rings. The van der Waals surface area contributed by atoms with Crippen molar-refractivity contribution in [2.45, 2.75) is 63.2 Å². The number of ether oxygens (including phenoxy) is 3. The Labute approximate surface area is 225 Å². The second kappa shape index (κ2) is 10.0. The maximum absolute atomic E-state index is 6.26. The van der Waals surface area contributed by atoms with Gasteiger partial charge < -0.3 is 19.1 Å². The highest BCUT2D eigenvalue weighted by atomic mass is 32.2. The molecule has 194 valence electrons. The molecule has 0 spiro atoms. The standard InChI is InChI=1S/C28H32N4O3S2/c1-17(2)35-19-7-5-18(6-8-19)15-36-27-24-23(29-16-30-27)22-20-13-28(3,4)34-14-21(20)25(31-26(22)37-24)32-9-11-33-12-10-32/h5-8,16-17H,9-15H2,1-4H3. The topological polar surface area (TPSA) is 69.6 Å². The minimum Gasteiger partial charge on any atom is -0.491 e. The monoisotopic (exact) mass is 536 g/mol. The van der Waals surface area contributed by atoms with Crippen LogP contribution in [0.15, 0.2) is 35.6 Å². The van der Waals surface area contributed by atoms with Gasteiger partial charge in [-0.1, -0.05) is 12.1 Å². The molecule has 0 amide bonds. The largest absolute Gasteiger partial charge is 0.491 e. The van der Waals surface area contributed by atoms with Gasteiger partial charge in [0.05, 0.1) is 41.7 Å². The normalized spacial score (nSPS) is 17.5. The number of thioether (sulfide) groups is 1. The zero-order valence-electron chi connectivity index (χ0n) is 21.7. The van der Waals surface area contributed by atoms with Gasteiger partial charge in [0.25, 0.3) is 0 Å². The fourth-order valence-electron chi connectivity index (χ4n) is 5.00. The summed E-state index contributed by atoms with van der Waals surface area (Å²) in [6.07, 6.45) is 2.70. The number of rotatable bonds is 6. The number of thiophene rings is 1. The van der Waals surface area contributed by atoms with Crippen LogP contribution in [0, 0.1) is 0 Å². The first kappa shape index (κ1) is 24.9. The molecule has 9 heteroatoms. The van der Waals surface area contributed by atoms with Gasteiger partial charge in [0.15, 0.2) is 0 Å². The summed E-state index contributed by atoms with van der Waals surface area (Å²) in [6.45, 7) is 12.1. The van der Waals surface area contributed by atoms with Crippen molar-refractivity contribution in [3.8, 4) is 5.75 Å². The van der Waals surface area contributed by atoms with Gasteiger partial charge in [0.2, 0.25) is 0 Å². The summed E-state index contributed by atoms with van der Waals surface area (Å²) in [6, 6.07) is 8.33. The number of pyridine rings is 1. The van der Waals surface area contributed by atoms with Gasteiger partial charge in [-0.3, -0.25) is 0 Å². The van der Waals surface area contributed by atoms with Crippen LogP contribution >= 0.6 is 23.1 Å². The molecule has 3 aromatic heterocycles. The third-order valence-corrected chi connectivity index (χ3v) is 9.02. The molecule has 4 aromatic rings. The number of aromatic nitrogens is 3. The van der Waals surface area contributed by atoms with Crippen molar-refractivity contribution >= 4 is 49.3 Å². The van der Waals surface area contributed by atoms with Crippen LogP contribution in [0.4, 0.5) is 5.82 Å². The zero-order valence-corrected chi connectivity index (χ0v) is 23.4. The van der Waals surface area contributed by atoms with Gasteiger partial charge in [-0.15, -0.1) is 23.1 Å². The van der Waals surface area contributed by atoms with Crippen LogP contribution in [0.2, 0.25) is 0 Å². The molecule has 1 saturated heterocycles. The number of fused-ring (bicyclic) bond motifs is 5. The Morgan fingerprint density at radius 1 is 1.11 bits per heavy atom. The van der Waals surface area contributed by atoms with E-state index < -0.39 is 0 Å². The number of morpholine rings is 1. The Bertz CT molecular complexity index is 1430. The molecule has 0 radical (unpaired) electrons. The molecule has 2 aliphatic heterocycles. The van der Waals surface area contributed by atoms with Crippen molar-refractivity contribution < 1.29 is 14.2 Å². The van der Waals surface area contributed by atoms with E-state index in [1.54, 1.807) is 29.4 Å². The lowest BCUT2D eigenvalue weighted by Crippen LogP contribution is -2.39. The predicted molar refractivity (Wildman–Crippen MR) is 150 cm³/mol. The third kappa shape index (κ3) is 5.02. The third-order valence-electron chi connectivity index (χ3n) is 6.76. The maximum Gasteiger partial charge on any atom is 0.136 e. The lowest BCUT2D eigenvalue weighted by atomic mass is 9.90. The smallest absolute Gasteiger partial charge is 0.136 e. The molecule has 0 unspecified atom stereocenters. The van der Waals surface area contributed by atoms with Crippen LogP contribution in [-0.2, 0) is 28.3 Å². The molecule has 7 nitrogen and oxygen atoms in total. The van der Waals surface area contributed by atoms with E-state index in [2.05, 4.69) is 35.9 Å². The predicted octanol–water partition coefficient (Wildman–Crippen LogP) is 6.01. The van der Waals surface area contributed by atoms with Gasteiger partial charge in [0, 0.05) is 36.2 Å². The second-order valence-corrected chi connectivity index (χ2v) is 12.4. The fourth-order valence-corrected chi connectivity index (χ4v) is 7.18. The second-order valence-electron chi connectivity index (χ2n) is 10.5. The maximum atomic E-state index is 6.26. The molecule has 5 heterocycles. The van der Waals surface area contributed by atoms with E-state index in [0.29, 0.717) is 6.61 Å². The number of anilines is 1. The highest BCUT2D eigenvalue weighted by Gasteiger charge is 2.33. The molecule has 37 heavy (non-hydrogen) atoms. The molecule has 1 fully saturated rings. The van der Waals surface area contributed by atoms with Crippen molar-refractivity contribution in [1.29, 1.82) is 0 Å². The van der Waals surface area contributed by atoms with Crippen molar-refractivity contribution in [1.82, 2.24) is 15.0 Å². The van der Waals surface area contributed by atoms with E-state index >= 15 is 0 Å². The number of benzene rings is 1. The van der Waals surface area contributed by atoms with Gasteiger partial charge in [-0.2, -0.15) is 0 Å². The Balaban J connectivity index is 1.38. The number of hydrogen-bond acceptors (Lipinski definition) is 9. The van der Waals surface area contributed by atoms with Gasteiger partial charge >= 0.3 is 0 Å². The molecule has 1 aromatic carbocycles. The van der Waals surface area contributed by atoms with Crippen LogP contribution in [-0.4, -0.2) is 53.0 Å². The fraction of sp³-hybridized carbons (Fsp3) is 0.464. The summed E-state index contributed by atoms with van der Waals surface area (Å²) >= 11 is 3.45. The zero-order chi connectivity index (χ0) is 25.6. The molecular formula is C28H32N4O3S2. The van der Waals surface area contributed by atoms with Crippen molar-refractivity contribution in [3.63, 3.8) is 0 Å². The first-order chi connectivity index (χ1) is 17.9. The van der Waals surface area contributed by atoms with E-state index in [-0.39, 0.29) is 11.7 Å². The van der Waals surface area contributed by atoms with Crippen molar-refractivity contribution in [2.75, 3.05) is 31.2 Å². The van der Waals surface area contributed by atoms with Crippen molar-refractivity contribution in [3.05, 3.63) is 47.3 Å². The lowest BCUT2D eigenvalue weighted by Gasteiger charge is -2.36. The molecule has 0 saturated carbocycles. The lowest BCUT2D eigenvalue weighted by molar-refractivity contribution is -0.0396. The van der Waals surface area contributed by atoms with E-state index in [9.17, 15) is 0 Å². The van der Waals surface area contributed by atoms with E-state index in [4.69, 9.17) is 24.2 Å². The molecule has 6 rings (SSSR count). The minimum absolute atomic E-state index is 0.169. The SMILES string of the molecule is CC(C)Oc1ccc(CSc2ncnc3c2sc2nc(N4CCOCC4)c4c(c23)CC(C)(C)OC4)cc1. The summed E-state index contributed by atoms with van der Waals surface area (Å²) in [5.74, 6) is 2.77. The average Bonchev–Trinajstić information content (AvgIpc) is 3.27. The van der Waals surface area contributed by atoms with Crippen molar-refractivity contribution in [2.24, 2.45) is 0 Å². The molecule has 0 bridgehead atoms. The number of nitrogens with zero attached hydrogens (tertiary/aromatic N) is 4. The molecule has 0 N–H and O–H groups in total. The Morgan fingerprint density at radius 2 is 1.89 bits per heavy atom. The summed E-state index contributed by atoms with van der Waals surface area (Å²) in [7, 11) is 0. The highest BCUT2D eigenvalue weighted by Crippen LogP contribution is 2.44. The first-order valence-electron chi connectivity index (χ1n) is 12.8. The van der Waals surface area contributed by atoms with E-state index in [1.807, 2.05) is 26.0 Å². The summed E-state index contributed by atoms with van der Waals surface area (Å²) in [5, 5.41) is 2.17. The quantitative estimate of drug-likeness (QED) is 0.219. The summed E-state index contributed by atoms with van der Waals surface area (Å²) in [4.78, 5) is 18.1. The number of hydrogen-bond donors (Lipinski definition) is 0. The van der Waals surface area contributed by atoms with Crippen LogP contribution in [0.25, 0.3) is 20.4 Å². The van der Waals surface area contributed by atoms with Crippen LogP contribution in [0.5, 0.6) is 5.75 Å². The van der Waals surface area contributed by atoms with Gasteiger partial charge in [-0.25, -0.2) is 15.0 Å². The molecular weight excluding hydrogens is 504 g/mol. The summed E-state index contributed by atoms with van der Waals surface area (Å²) < 4.78 is 18.8. The van der Waals surface area contributed by atoms with Crippen LogP contribution in [0.1, 0.15) is 44.4 Å².